The van der Waals surface area contributed by atoms with Gasteiger partial charge in [-0.2, -0.15) is 0 Å². The molecule has 0 spiro atoms. The predicted molar refractivity (Wildman–Crippen MR) is 98.1 cm³/mol. The Balaban J connectivity index is 1.54. The summed E-state index contributed by atoms with van der Waals surface area (Å²) in [5.41, 5.74) is 0.970. The summed E-state index contributed by atoms with van der Waals surface area (Å²) in [6.45, 7) is 4.71. The van der Waals surface area contributed by atoms with E-state index in [4.69, 9.17) is 16.3 Å². The topological polar surface area (TPSA) is 62.7 Å². The van der Waals surface area contributed by atoms with Crippen LogP contribution in [-0.2, 0) is 17.9 Å². The standard InChI is InChI=1S/C18H21ClN2O3S/c1-12-6-13(18(22)23)8-21(7-12)9-15-11-25-17(20-15)10-24-16-4-2-14(19)3-5-16/h2-5,11-13H,6-10H2,1H3,(H,22,23). The molecule has 0 bridgehead atoms. The number of hydrogen-bond acceptors (Lipinski definition) is 5. The van der Waals surface area contributed by atoms with E-state index in [0.29, 0.717) is 30.6 Å². The van der Waals surface area contributed by atoms with Crippen molar-refractivity contribution in [1.82, 2.24) is 9.88 Å². The van der Waals surface area contributed by atoms with Gasteiger partial charge in [0.25, 0.3) is 0 Å². The molecule has 5 nitrogen and oxygen atoms in total. The van der Waals surface area contributed by atoms with E-state index in [2.05, 4.69) is 16.8 Å². The summed E-state index contributed by atoms with van der Waals surface area (Å²) in [6, 6.07) is 7.25. The van der Waals surface area contributed by atoms with E-state index in [-0.39, 0.29) is 5.92 Å². The van der Waals surface area contributed by atoms with E-state index < -0.39 is 5.97 Å². The molecule has 0 radical (unpaired) electrons. The molecule has 1 saturated heterocycles. The number of piperidine rings is 1. The summed E-state index contributed by atoms with van der Waals surface area (Å²) in [6.07, 6.45) is 0.753. The van der Waals surface area contributed by atoms with Crippen molar-refractivity contribution in [3.8, 4) is 5.75 Å². The van der Waals surface area contributed by atoms with E-state index >= 15 is 0 Å². The molecule has 0 aliphatic carbocycles. The van der Waals surface area contributed by atoms with Gasteiger partial charge in [0.2, 0.25) is 0 Å². The minimum atomic E-state index is -0.702. The van der Waals surface area contributed by atoms with Crippen LogP contribution in [0.5, 0.6) is 5.75 Å². The van der Waals surface area contributed by atoms with E-state index in [9.17, 15) is 9.90 Å². The van der Waals surface area contributed by atoms with Gasteiger partial charge in [-0.15, -0.1) is 11.3 Å². The van der Waals surface area contributed by atoms with Crippen LogP contribution in [-0.4, -0.2) is 34.0 Å². The summed E-state index contributed by atoms with van der Waals surface area (Å²) in [4.78, 5) is 18.1. The van der Waals surface area contributed by atoms with Crippen LogP contribution in [0, 0.1) is 11.8 Å². The normalized spacial score (nSPS) is 21.2. The monoisotopic (exact) mass is 380 g/mol. The van der Waals surface area contributed by atoms with Crippen molar-refractivity contribution < 1.29 is 14.6 Å². The maximum atomic E-state index is 11.3. The molecule has 2 aromatic rings. The molecule has 1 aliphatic heterocycles. The van der Waals surface area contributed by atoms with Gasteiger partial charge < -0.3 is 9.84 Å². The lowest BCUT2D eigenvalue weighted by molar-refractivity contribution is -0.144. The third kappa shape index (κ3) is 5.17. The molecule has 134 valence electrons. The highest BCUT2D eigenvalue weighted by atomic mass is 35.5. The highest BCUT2D eigenvalue weighted by molar-refractivity contribution is 7.09. The van der Waals surface area contributed by atoms with Gasteiger partial charge in [-0.25, -0.2) is 4.98 Å². The molecule has 0 saturated carbocycles. The van der Waals surface area contributed by atoms with Gasteiger partial charge in [-0.3, -0.25) is 9.69 Å². The number of nitrogens with zero attached hydrogens (tertiary/aromatic N) is 2. The van der Waals surface area contributed by atoms with Crippen LogP contribution in [0.4, 0.5) is 0 Å². The van der Waals surface area contributed by atoms with Crippen molar-refractivity contribution in [3.05, 3.63) is 45.4 Å². The molecule has 1 fully saturated rings. The smallest absolute Gasteiger partial charge is 0.307 e. The number of likely N-dealkylation sites (tertiary alicyclic amines) is 1. The van der Waals surface area contributed by atoms with Crippen LogP contribution in [0.2, 0.25) is 5.02 Å². The second-order valence-corrected chi connectivity index (χ2v) is 7.92. The van der Waals surface area contributed by atoms with Crippen LogP contribution in [0.3, 0.4) is 0 Å². The van der Waals surface area contributed by atoms with Gasteiger partial charge in [0.15, 0.2) is 0 Å². The van der Waals surface area contributed by atoms with Gasteiger partial charge in [0, 0.05) is 30.0 Å². The summed E-state index contributed by atoms with van der Waals surface area (Å²) in [5.74, 6) is 0.165. The number of aromatic nitrogens is 1. The fourth-order valence-electron chi connectivity index (χ4n) is 3.16. The Bertz CT molecular complexity index is 719. The first-order valence-corrected chi connectivity index (χ1v) is 9.52. The molecular weight excluding hydrogens is 360 g/mol. The van der Waals surface area contributed by atoms with Gasteiger partial charge in [-0.1, -0.05) is 18.5 Å². The van der Waals surface area contributed by atoms with E-state index in [1.807, 2.05) is 17.5 Å². The van der Waals surface area contributed by atoms with Gasteiger partial charge in [-0.05, 0) is 36.6 Å². The second kappa shape index (κ2) is 8.17. The Labute approximate surface area is 156 Å². The van der Waals surface area contributed by atoms with E-state index in [1.54, 1.807) is 23.5 Å². The van der Waals surface area contributed by atoms with Crippen molar-refractivity contribution in [3.63, 3.8) is 0 Å². The van der Waals surface area contributed by atoms with Crippen molar-refractivity contribution in [1.29, 1.82) is 0 Å². The van der Waals surface area contributed by atoms with Crippen LogP contribution in [0.1, 0.15) is 24.0 Å². The number of carboxylic acids is 1. The lowest BCUT2D eigenvalue weighted by Crippen LogP contribution is -2.42. The zero-order chi connectivity index (χ0) is 17.8. The molecular formula is C18H21ClN2O3S. The number of ether oxygens (including phenoxy) is 1. The maximum absolute atomic E-state index is 11.3. The van der Waals surface area contributed by atoms with Crippen LogP contribution in [0.25, 0.3) is 0 Å². The zero-order valence-corrected chi connectivity index (χ0v) is 15.6. The van der Waals surface area contributed by atoms with E-state index in [1.165, 1.54) is 0 Å². The minimum Gasteiger partial charge on any atom is -0.486 e. The van der Waals surface area contributed by atoms with Crippen molar-refractivity contribution in [2.75, 3.05) is 13.1 Å². The third-order valence-electron chi connectivity index (χ3n) is 4.25. The fraction of sp³-hybridized carbons (Fsp3) is 0.444. The van der Waals surface area contributed by atoms with Crippen molar-refractivity contribution >= 4 is 28.9 Å². The Kier molecular flexibility index (Phi) is 5.93. The first kappa shape index (κ1) is 18.2. The number of halogens is 1. The summed E-state index contributed by atoms with van der Waals surface area (Å²) < 4.78 is 5.71. The summed E-state index contributed by atoms with van der Waals surface area (Å²) in [7, 11) is 0. The Hall–Kier alpha value is -1.63. The Morgan fingerprint density at radius 3 is 2.88 bits per heavy atom. The van der Waals surface area contributed by atoms with Gasteiger partial charge in [0.05, 0.1) is 11.6 Å². The fourth-order valence-corrected chi connectivity index (χ4v) is 3.98. The quantitative estimate of drug-likeness (QED) is 0.822. The van der Waals surface area contributed by atoms with E-state index in [0.717, 1.165) is 29.4 Å². The molecule has 2 unspecified atom stereocenters. The van der Waals surface area contributed by atoms with Crippen LogP contribution >= 0.6 is 22.9 Å². The highest BCUT2D eigenvalue weighted by Crippen LogP contribution is 2.24. The second-order valence-electron chi connectivity index (χ2n) is 6.55. The van der Waals surface area contributed by atoms with Crippen LogP contribution in [0.15, 0.2) is 29.6 Å². The molecule has 1 aromatic heterocycles. The molecule has 3 rings (SSSR count). The number of hydrogen-bond donors (Lipinski definition) is 1. The first-order valence-electron chi connectivity index (χ1n) is 8.26. The summed E-state index contributed by atoms with van der Waals surface area (Å²) >= 11 is 7.42. The zero-order valence-electron chi connectivity index (χ0n) is 14.0. The molecule has 1 aromatic carbocycles. The molecule has 2 atom stereocenters. The van der Waals surface area contributed by atoms with Gasteiger partial charge >= 0.3 is 5.97 Å². The SMILES string of the molecule is CC1CC(C(=O)O)CN(Cc2csc(COc3ccc(Cl)cc3)n2)C1. The number of aliphatic carboxylic acids is 1. The maximum Gasteiger partial charge on any atom is 0.307 e. The van der Waals surface area contributed by atoms with Gasteiger partial charge in [0.1, 0.15) is 17.4 Å². The highest BCUT2D eigenvalue weighted by Gasteiger charge is 2.29. The molecule has 1 N–H and O–H groups in total. The summed E-state index contributed by atoms with van der Waals surface area (Å²) in [5, 5.41) is 12.9. The average molecular weight is 381 g/mol. The minimum absolute atomic E-state index is 0.282. The molecule has 1 aliphatic rings. The predicted octanol–water partition coefficient (Wildman–Crippen LogP) is 3.92. The molecule has 25 heavy (non-hydrogen) atoms. The lowest BCUT2D eigenvalue weighted by atomic mass is 9.90. The number of carbonyl (C=O) groups is 1. The molecule has 2 heterocycles. The number of rotatable bonds is 6. The Morgan fingerprint density at radius 2 is 2.16 bits per heavy atom. The Morgan fingerprint density at radius 1 is 1.40 bits per heavy atom. The lowest BCUT2D eigenvalue weighted by Gasteiger charge is -2.34. The third-order valence-corrected chi connectivity index (χ3v) is 5.37. The molecule has 7 heteroatoms. The van der Waals surface area contributed by atoms with Crippen LogP contribution < -0.4 is 4.74 Å². The van der Waals surface area contributed by atoms with Crippen molar-refractivity contribution in [2.45, 2.75) is 26.5 Å². The number of carboxylic acid groups (broad SMARTS) is 1. The number of benzene rings is 1. The largest absolute Gasteiger partial charge is 0.486 e. The molecule has 0 amide bonds. The average Bonchev–Trinajstić information content (AvgIpc) is 3.01. The number of thiazole rings is 1. The van der Waals surface area contributed by atoms with Crippen molar-refractivity contribution in [2.24, 2.45) is 11.8 Å². The first-order chi connectivity index (χ1) is 12.0.